The van der Waals surface area contributed by atoms with E-state index >= 15 is 0 Å². The summed E-state index contributed by atoms with van der Waals surface area (Å²) in [4.78, 5) is 13.1. The number of Topliss-reactive ketones (excluding diaryl/α,β-unsaturated/α-hetero) is 1. The third-order valence-electron chi connectivity index (χ3n) is 4.93. The SMILES string of the molecule is CC(=O)c1ccc(S(=O)(=O)N2CCN(c3ccc(C#N)c(C(F)(F)F)c3)CC2)cc1. The Hall–Kier alpha value is -2.90. The summed E-state index contributed by atoms with van der Waals surface area (Å²) in [6, 6.07) is 10.6. The molecule has 0 atom stereocenters. The molecule has 0 radical (unpaired) electrons. The number of hydrogen-bond acceptors (Lipinski definition) is 5. The van der Waals surface area contributed by atoms with Crippen molar-refractivity contribution in [3.05, 3.63) is 59.2 Å². The first kappa shape index (κ1) is 21.8. The number of carbonyl (C=O) groups is 1. The van der Waals surface area contributed by atoms with Gasteiger partial charge in [0.05, 0.1) is 22.1 Å². The predicted molar refractivity (Wildman–Crippen MR) is 104 cm³/mol. The Morgan fingerprint density at radius 1 is 1.03 bits per heavy atom. The van der Waals surface area contributed by atoms with E-state index in [0.29, 0.717) is 5.56 Å². The van der Waals surface area contributed by atoms with E-state index in [1.165, 1.54) is 41.6 Å². The van der Waals surface area contributed by atoms with Crippen LogP contribution in [-0.2, 0) is 16.2 Å². The number of piperazine rings is 1. The molecule has 10 heteroatoms. The van der Waals surface area contributed by atoms with Gasteiger partial charge in [-0.25, -0.2) is 8.42 Å². The number of halogens is 3. The Morgan fingerprint density at radius 2 is 1.63 bits per heavy atom. The van der Waals surface area contributed by atoms with Crippen molar-refractivity contribution >= 4 is 21.5 Å². The van der Waals surface area contributed by atoms with Crippen molar-refractivity contribution in [3.63, 3.8) is 0 Å². The first-order valence-electron chi connectivity index (χ1n) is 9.01. The average Bonchev–Trinajstić information content (AvgIpc) is 2.72. The summed E-state index contributed by atoms with van der Waals surface area (Å²) in [7, 11) is -3.78. The first-order chi connectivity index (χ1) is 14.0. The molecular formula is C20H18F3N3O3S. The zero-order valence-corrected chi connectivity index (χ0v) is 16.8. The van der Waals surface area contributed by atoms with Crippen LogP contribution in [-0.4, -0.2) is 44.7 Å². The molecule has 2 aromatic rings. The van der Waals surface area contributed by atoms with Crippen molar-refractivity contribution in [2.24, 2.45) is 0 Å². The van der Waals surface area contributed by atoms with Gasteiger partial charge in [0.2, 0.25) is 10.0 Å². The van der Waals surface area contributed by atoms with Gasteiger partial charge in [0, 0.05) is 37.4 Å². The van der Waals surface area contributed by atoms with Crippen molar-refractivity contribution in [1.82, 2.24) is 4.31 Å². The quantitative estimate of drug-likeness (QED) is 0.686. The number of hydrogen-bond donors (Lipinski definition) is 0. The molecule has 1 saturated heterocycles. The molecule has 0 amide bonds. The summed E-state index contributed by atoms with van der Waals surface area (Å²) in [6.07, 6.45) is -4.65. The molecule has 0 aromatic heterocycles. The van der Waals surface area contributed by atoms with Crippen molar-refractivity contribution in [3.8, 4) is 6.07 Å². The van der Waals surface area contributed by atoms with E-state index in [-0.39, 0.29) is 42.5 Å². The molecule has 0 aliphatic carbocycles. The standard InChI is InChI=1S/C20H18F3N3O3S/c1-14(27)15-3-6-18(7-4-15)30(28,29)26-10-8-25(9-11-26)17-5-2-16(13-24)19(12-17)20(21,22)23/h2-7,12H,8-11H2,1H3. The molecule has 0 N–H and O–H groups in total. The molecule has 3 rings (SSSR count). The van der Waals surface area contributed by atoms with Gasteiger partial charge >= 0.3 is 6.18 Å². The third kappa shape index (κ3) is 4.32. The van der Waals surface area contributed by atoms with Crippen LogP contribution in [0.1, 0.15) is 28.4 Å². The van der Waals surface area contributed by atoms with Gasteiger partial charge in [0.25, 0.3) is 0 Å². The van der Waals surface area contributed by atoms with Crippen molar-refractivity contribution < 1.29 is 26.4 Å². The number of rotatable bonds is 4. The molecule has 1 heterocycles. The minimum atomic E-state index is -4.65. The molecule has 1 aliphatic heterocycles. The van der Waals surface area contributed by atoms with Crippen LogP contribution in [0.2, 0.25) is 0 Å². The van der Waals surface area contributed by atoms with E-state index in [9.17, 15) is 26.4 Å². The van der Waals surface area contributed by atoms with Gasteiger partial charge < -0.3 is 4.90 Å². The lowest BCUT2D eigenvalue weighted by molar-refractivity contribution is -0.137. The molecule has 2 aromatic carbocycles. The van der Waals surface area contributed by atoms with Gasteiger partial charge in [-0.05, 0) is 37.3 Å². The summed E-state index contributed by atoms with van der Waals surface area (Å²) in [5, 5.41) is 8.91. The monoisotopic (exact) mass is 437 g/mol. The molecule has 158 valence electrons. The zero-order chi connectivity index (χ0) is 22.1. The van der Waals surface area contributed by atoms with Gasteiger partial charge in [0.1, 0.15) is 0 Å². The number of ketones is 1. The lowest BCUT2D eigenvalue weighted by atomic mass is 10.1. The largest absolute Gasteiger partial charge is 0.417 e. The van der Waals surface area contributed by atoms with Crippen LogP contribution in [0.5, 0.6) is 0 Å². The lowest BCUT2D eigenvalue weighted by Gasteiger charge is -2.35. The second-order valence-electron chi connectivity index (χ2n) is 6.81. The smallest absolute Gasteiger partial charge is 0.369 e. The maximum absolute atomic E-state index is 13.2. The van der Waals surface area contributed by atoms with Crippen LogP contribution in [0.25, 0.3) is 0 Å². The Morgan fingerprint density at radius 3 is 2.13 bits per heavy atom. The highest BCUT2D eigenvalue weighted by Gasteiger charge is 2.35. The molecule has 30 heavy (non-hydrogen) atoms. The molecule has 0 spiro atoms. The number of benzene rings is 2. The number of sulfonamides is 1. The van der Waals surface area contributed by atoms with E-state index in [0.717, 1.165) is 12.1 Å². The van der Waals surface area contributed by atoms with Crippen LogP contribution >= 0.6 is 0 Å². The summed E-state index contributed by atoms with van der Waals surface area (Å²) >= 11 is 0. The molecule has 0 unspecified atom stereocenters. The van der Waals surface area contributed by atoms with Crippen LogP contribution < -0.4 is 4.90 Å². The Labute approximate surface area is 172 Å². The van der Waals surface area contributed by atoms with E-state index in [1.807, 2.05) is 0 Å². The van der Waals surface area contributed by atoms with E-state index in [1.54, 1.807) is 11.0 Å². The Balaban J connectivity index is 1.76. The molecule has 0 bridgehead atoms. The fourth-order valence-electron chi connectivity index (χ4n) is 3.26. The van der Waals surface area contributed by atoms with Crippen LogP contribution in [0.15, 0.2) is 47.4 Å². The summed E-state index contributed by atoms with van der Waals surface area (Å²) in [6.45, 7) is 1.98. The Kier molecular flexibility index (Phi) is 5.87. The number of nitrogens with zero attached hydrogens (tertiary/aromatic N) is 3. The first-order valence-corrected chi connectivity index (χ1v) is 10.5. The van der Waals surface area contributed by atoms with Gasteiger partial charge in [0.15, 0.2) is 5.78 Å². The summed E-state index contributed by atoms with van der Waals surface area (Å²) in [5.74, 6) is -0.173. The highest BCUT2D eigenvalue weighted by atomic mass is 32.2. The highest BCUT2D eigenvalue weighted by molar-refractivity contribution is 7.89. The lowest BCUT2D eigenvalue weighted by Crippen LogP contribution is -2.48. The fraction of sp³-hybridized carbons (Fsp3) is 0.300. The molecular weight excluding hydrogens is 419 g/mol. The van der Waals surface area contributed by atoms with Gasteiger partial charge in [-0.3, -0.25) is 4.79 Å². The number of carbonyl (C=O) groups excluding carboxylic acids is 1. The maximum atomic E-state index is 13.2. The molecule has 1 aliphatic rings. The van der Waals surface area contributed by atoms with E-state index in [2.05, 4.69) is 0 Å². The van der Waals surface area contributed by atoms with Gasteiger partial charge in [-0.2, -0.15) is 22.7 Å². The predicted octanol–water partition coefficient (Wildman–Crippen LogP) is 3.29. The van der Waals surface area contributed by atoms with Crippen LogP contribution in [0.4, 0.5) is 18.9 Å². The van der Waals surface area contributed by atoms with Gasteiger partial charge in [-0.1, -0.05) is 12.1 Å². The van der Waals surface area contributed by atoms with E-state index < -0.39 is 27.3 Å². The number of nitriles is 1. The maximum Gasteiger partial charge on any atom is 0.417 e. The van der Waals surface area contributed by atoms with E-state index in [4.69, 9.17) is 5.26 Å². The van der Waals surface area contributed by atoms with Gasteiger partial charge in [-0.15, -0.1) is 0 Å². The third-order valence-corrected chi connectivity index (χ3v) is 6.84. The topological polar surface area (TPSA) is 81.5 Å². The molecule has 6 nitrogen and oxygen atoms in total. The summed E-state index contributed by atoms with van der Waals surface area (Å²) in [5.41, 5.74) is -0.783. The average molecular weight is 437 g/mol. The second kappa shape index (κ2) is 8.08. The second-order valence-corrected chi connectivity index (χ2v) is 8.75. The highest BCUT2D eigenvalue weighted by Crippen LogP contribution is 2.34. The molecule has 0 saturated carbocycles. The van der Waals surface area contributed by atoms with Crippen molar-refractivity contribution in [2.75, 3.05) is 31.1 Å². The van der Waals surface area contributed by atoms with Crippen LogP contribution in [0.3, 0.4) is 0 Å². The van der Waals surface area contributed by atoms with Crippen LogP contribution in [0, 0.1) is 11.3 Å². The number of anilines is 1. The summed E-state index contributed by atoms with van der Waals surface area (Å²) < 4.78 is 66.5. The minimum Gasteiger partial charge on any atom is -0.369 e. The Bertz CT molecular complexity index is 1100. The minimum absolute atomic E-state index is 0.0543. The van der Waals surface area contributed by atoms with Crippen molar-refractivity contribution in [2.45, 2.75) is 18.0 Å². The molecule has 1 fully saturated rings. The number of alkyl halides is 3. The van der Waals surface area contributed by atoms with Crippen molar-refractivity contribution in [1.29, 1.82) is 5.26 Å². The normalized spacial score (nSPS) is 15.6. The zero-order valence-electron chi connectivity index (χ0n) is 16.0. The fourth-order valence-corrected chi connectivity index (χ4v) is 4.68.